The summed E-state index contributed by atoms with van der Waals surface area (Å²) in [6, 6.07) is 1.53. The van der Waals surface area contributed by atoms with Gasteiger partial charge in [-0.15, -0.1) is 0 Å². The third kappa shape index (κ3) is 4.88. The minimum Gasteiger partial charge on any atom is -0.353 e. The highest BCUT2D eigenvalue weighted by Crippen LogP contribution is 2.22. The number of carbonyl (C=O) groups excluding carboxylic acids is 1. The van der Waals surface area contributed by atoms with Gasteiger partial charge in [0, 0.05) is 31.7 Å². The Morgan fingerprint density at radius 2 is 2.12 bits per heavy atom. The molecule has 1 fully saturated rings. The Morgan fingerprint density at radius 1 is 1.38 bits per heavy atom. The summed E-state index contributed by atoms with van der Waals surface area (Å²) in [5, 5.41) is 2.81. The molecular weight excluding hydrogens is 330 g/mol. The molecule has 8 nitrogen and oxygen atoms in total. The van der Waals surface area contributed by atoms with E-state index in [2.05, 4.69) is 15.3 Å². The summed E-state index contributed by atoms with van der Waals surface area (Å²) in [6.45, 7) is 3.84. The van der Waals surface area contributed by atoms with E-state index < -0.39 is 9.84 Å². The van der Waals surface area contributed by atoms with Crippen molar-refractivity contribution in [2.45, 2.75) is 19.4 Å². The van der Waals surface area contributed by atoms with E-state index >= 15 is 0 Å². The molecule has 1 aromatic heterocycles. The molecule has 1 atom stereocenters. The van der Waals surface area contributed by atoms with Crippen LogP contribution >= 0.6 is 0 Å². The Balaban J connectivity index is 2.09. The molecule has 1 unspecified atom stereocenters. The van der Waals surface area contributed by atoms with Crippen molar-refractivity contribution in [2.24, 2.45) is 0 Å². The monoisotopic (exact) mass is 355 g/mol. The fraction of sp³-hybridized carbons (Fsp3) is 0.667. The van der Waals surface area contributed by atoms with Gasteiger partial charge in [-0.3, -0.25) is 4.79 Å². The van der Waals surface area contributed by atoms with Crippen LogP contribution < -0.4 is 10.2 Å². The summed E-state index contributed by atoms with van der Waals surface area (Å²) in [5.74, 6) is 0.676. The summed E-state index contributed by atoms with van der Waals surface area (Å²) in [6.07, 6.45) is 1.94. The molecule has 1 aliphatic rings. The molecule has 0 spiro atoms. The molecule has 0 saturated carbocycles. The smallest absolute Gasteiger partial charge is 0.270 e. The Bertz CT molecular complexity index is 677. The maximum absolute atomic E-state index is 12.2. The first-order valence-electron chi connectivity index (χ1n) is 8.04. The van der Waals surface area contributed by atoms with E-state index in [1.165, 1.54) is 6.33 Å². The lowest BCUT2D eigenvalue weighted by molar-refractivity contribution is 0.0946. The summed E-state index contributed by atoms with van der Waals surface area (Å²) >= 11 is 0. The number of hydrogen-bond acceptors (Lipinski definition) is 7. The van der Waals surface area contributed by atoms with Crippen LogP contribution in [0.4, 0.5) is 5.82 Å². The highest BCUT2D eigenvalue weighted by atomic mass is 32.2. The van der Waals surface area contributed by atoms with Crippen molar-refractivity contribution in [2.75, 3.05) is 50.1 Å². The largest absolute Gasteiger partial charge is 0.353 e. The van der Waals surface area contributed by atoms with E-state index in [0.717, 1.165) is 6.54 Å². The number of likely N-dealkylation sites (N-methyl/N-ethyl adjacent to an activating group) is 1. The number of aromatic nitrogens is 2. The standard InChI is InChI=1S/C15H25N5O3S/c1-4-20(12-5-8-24(22,23)10-12)14-9-13(17-11-18-14)15(21)16-6-7-19(2)3/h9,11-12H,4-8,10H2,1-3H3,(H,16,21). The van der Waals surface area contributed by atoms with Gasteiger partial charge < -0.3 is 15.1 Å². The SMILES string of the molecule is CCN(c1cc(C(=O)NCCN(C)C)ncn1)C1CCS(=O)(=O)C1. The second-order valence-corrected chi connectivity index (χ2v) is 8.39. The van der Waals surface area contributed by atoms with Crippen molar-refractivity contribution in [1.82, 2.24) is 20.2 Å². The molecule has 1 amide bonds. The minimum absolute atomic E-state index is 0.0976. The van der Waals surface area contributed by atoms with E-state index in [1.54, 1.807) is 6.07 Å². The average molecular weight is 355 g/mol. The molecule has 9 heteroatoms. The molecule has 0 aromatic carbocycles. The molecule has 0 radical (unpaired) electrons. The highest BCUT2D eigenvalue weighted by Gasteiger charge is 2.32. The van der Waals surface area contributed by atoms with Gasteiger partial charge in [0.1, 0.15) is 17.8 Å². The molecular formula is C15H25N5O3S. The molecule has 0 aliphatic carbocycles. The van der Waals surface area contributed by atoms with Crippen LogP contribution in [-0.2, 0) is 9.84 Å². The molecule has 1 saturated heterocycles. The number of rotatable bonds is 7. The van der Waals surface area contributed by atoms with Gasteiger partial charge >= 0.3 is 0 Å². The quantitative estimate of drug-likeness (QED) is 0.722. The van der Waals surface area contributed by atoms with Crippen molar-refractivity contribution >= 4 is 21.6 Å². The number of anilines is 1. The molecule has 24 heavy (non-hydrogen) atoms. The molecule has 1 aliphatic heterocycles. The zero-order valence-corrected chi connectivity index (χ0v) is 15.2. The molecule has 2 rings (SSSR count). The van der Waals surface area contributed by atoms with Gasteiger partial charge in [0.2, 0.25) is 0 Å². The van der Waals surface area contributed by atoms with Gasteiger partial charge in [-0.1, -0.05) is 0 Å². The minimum atomic E-state index is -2.97. The predicted molar refractivity (Wildman–Crippen MR) is 93.0 cm³/mol. The lowest BCUT2D eigenvalue weighted by Crippen LogP contribution is -2.37. The molecule has 1 aromatic rings. The van der Waals surface area contributed by atoms with Crippen LogP contribution in [0.5, 0.6) is 0 Å². The fourth-order valence-electron chi connectivity index (χ4n) is 2.74. The first-order chi connectivity index (χ1) is 11.3. The normalized spacial score (nSPS) is 19.4. The molecule has 0 bridgehead atoms. The first-order valence-corrected chi connectivity index (χ1v) is 9.86. The van der Waals surface area contributed by atoms with Crippen molar-refractivity contribution < 1.29 is 13.2 Å². The van der Waals surface area contributed by atoms with Gasteiger partial charge in [-0.05, 0) is 27.4 Å². The molecule has 134 valence electrons. The Morgan fingerprint density at radius 3 is 2.71 bits per heavy atom. The molecule has 1 N–H and O–H groups in total. The second-order valence-electron chi connectivity index (χ2n) is 6.16. The van der Waals surface area contributed by atoms with E-state index in [1.807, 2.05) is 30.8 Å². The average Bonchev–Trinajstić information content (AvgIpc) is 2.88. The van der Waals surface area contributed by atoms with E-state index in [0.29, 0.717) is 25.3 Å². The molecule has 2 heterocycles. The lowest BCUT2D eigenvalue weighted by Gasteiger charge is -2.27. The third-order valence-corrected chi connectivity index (χ3v) is 5.76. The van der Waals surface area contributed by atoms with E-state index in [4.69, 9.17) is 0 Å². The Labute approximate surface area is 143 Å². The van der Waals surface area contributed by atoms with E-state index in [9.17, 15) is 13.2 Å². The summed E-state index contributed by atoms with van der Waals surface area (Å²) in [4.78, 5) is 24.3. The Hall–Kier alpha value is -1.74. The van der Waals surface area contributed by atoms with Gasteiger partial charge in [-0.25, -0.2) is 18.4 Å². The highest BCUT2D eigenvalue weighted by molar-refractivity contribution is 7.91. The van der Waals surface area contributed by atoms with Gasteiger partial charge in [0.25, 0.3) is 5.91 Å². The van der Waals surface area contributed by atoms with Crippen LogP contribution in [0.2, 0.25) is 0 Å². The van der Waals surface area contributed by atoms with Crippen LogP contribution in [0.3, 0.4) is 0 Å². The van der Waals surface area contributed by atoms with Crippen LogP contribution in [0, 0.1) is 0 Å². The number of nitrogens with zero attached hydrogens (tertiary/aromatic N) is 4. The van der Waals surface area contributed by atoms with Gasteiger partial charge in [0.15, 0.2) is 9.84 Å². The third-order valence-electron chi connectivity index (χ3n) is 4.01. The van der Waals surface area contributed by atoms with Crippen molar-refractivity contribution in [3.8, 4) is 0 Å². The number of nitrogens with one attached hydrogen (secondary N) is 1. The summed E-state index contributed by atoms with van der Waals surface area (Å²) < 4.78 is 23.4. The maximum Gasteiger partial charge on any atom is 0.270 e. The number of hydrogen-bond donors (Lipinski definition) is 1. The number of sulfone groups is 1. The maximum atomic E-state index is 12.2. The van der Waals surface area contributed by atoms with Crippen LogP contribution in [0.1, 0.15) is 23.8 Å². The zero-order valence-electron chi connectivity index (χ0n) is 14.4. The fourth-order valence-corrected chi connectivity index (χ4v) is 4.47. The van der Waals surface area contributed by atoms with Gasteiger partial charge in [-0.2, -0.15) is 0 Å². The van der Waals surface area contributed by atoms with Crippen molar-refractivity contribution in [1.29, 1.82) is 0 Å². The van der Waals surface area contributed by atoms with Crippen LogP contribution in [0.15, 0.2) is 12.4 Å². The topological polar surface area (TPSA) is 95.5 Å². The number of carbonyl (C=O) groups is 1. The predicted octanol–water partition coefficient (Wildman–Crippen LogP) is -0.219. The number of amides is 1. The van der Waals surface area contributed by atoms with Crippen LogP contribution in [0.25, 0.3) is 0 Å². The van der Waals surface area contributed by atoms with Crippen molar-refractivity contribution in [3.05, 3.63) is 18.1 Å². The van der Waals surface area contributed by atoms with Gasteiger partial charge in [0.05, 0.1) is 11.5 Å². The summed E-state index contributed by atoms with van der Waals surface area (Å²) in [7, 11) is 0.894. The summed E-state index contributed by atoms with van der Waals surface area (Å²) in [5.41, 5.74) is 0.290. The first kappa shape index (κ1) is 18.6. The van der Waals surface area contributed by atoms with Crippen LogP contribution in [-0.4, -0.2) is 80.5 Å². The lowest BCUT2D eigenvalue weighted by atomic mass is 10.2. The van der Waals surface area contributed by atoms with E-state index in [-0.39, 0.29) is 29.1 Å². The zero-order chi connectivity index (χ0) is 17.7. The second kappa shape index (κ2) is 7.89. The van der Waals surface area contributed by atoms with Crippen molar-refractivity contribution in [3.63, 3.8) is 0 Å². The Kier molecular flexibility index (Phi) is 6.11.